The van der Waals surface area contributed by atoms with Crippen molar-refractivity contribution in [2.75, 3.05) is 44.2 Å². The van der Waals surface area contributed by atoms with Crippen molar-refractivity contribution in [2.24, 2.45) is 11.8 Å². The van der Waals surface area contributed by atoms with Gasteiger partial charge in [0.2, 0.25) is 11.8 Å². The van der Waals surface area contributed by atoms with Crippen molar-refractivity contribution in [2.45, 2.75) is 69.7 Å². The van der Waals surface area contributed by atoms with E-state index in [0.717, 1.165) is 49.7 Å². The van der Waals surface area contributed by atoms with Crippen molar-refractivity contribution in [3.63, 3.8) is 0 Å². The SMILES string of the molecule is O=C1CCC(N2C(=O)c3cc(N4CCC(C5CCN(C6CCNCC6)CC5)CC4)ccc3C2O)C(=O)N1. The Kier molecular flexibility index (Phi) is 6.94. The maximum atomic E-state index is 13.2. The molecule has 200 valence electrons. The molecule has 2 atom stereocenters. The zero-order valence-corrected chi connectivity index (χ0v) is 21.5. The number of nitrogens with zero attached hydrogens (tertiary/aromatic N) is 3. The molecule has 37 heavy (non-hydrogen) atoms. The van der Waals surface area contributed by atoms with E-state index in [1.807, 2.05) is 18.2 Å². The predicted octanol–water partition coefficient (Wildman–Crippen LogP) is 1.62. The Hall–Kier alpha value is -2.49. The summed E-state index contributed by atoms with van der Waals surface area (Å²) in [6.07, 6.45) is 6.79. The van der Waals surface area contributed by atoms with E-state index in [2.05, 4.69) is 20.4 Å². The Morgan fingerprint density at radius 2 is 1.51 bits per heavy atom. The number of benzene rings is 1. The molecule has 0 bridgehead atoms. The monoisotopic (exact) mass is 509 g/mol. The first-order chi connectivity index (χ1) is 18.0. The molecular weight excluding hydrogens is 470 g/mol. The summed E-state index contributed by atoms with van der Waals surface area (Å²) in [5, 5.41) is 16.6. The number of rotatable bonds is 4. The highest BCUT2D eigenvalue weighted by atomic mass is 16.3. The van der Waals surface area contributed by atoms with E-state index >= 15 is 0 Å². The average molecular weight is 510 g/mol. The number of likely N-dealkylation sites (tertiary alicyclic amines) is 1. The summed E-state index contributed by atoms with van der Waals surface area (Å²) >= 11 is 0. The van der Waals surface area contributed by atoms with E-state index in [4.69, 9.17) is 0 Å². The van der Waals surface area contributed by atoms with Crippen LogP contribution < -0.4 is 15.5 Å². The number of hydrogen-bond acceptors (Lipinski definition) is 7. The van der Waals surface area contributed by atoms with Gasteiger partial charge in [-0.2, -0.15) is 0 Å². The fraction of sp³-hybridized carbons (Fsp3) is 0.679. The van der Waals surface area contributed by atoms with Gasteiger partial charge in [0.1, 0.15) is 6.04 Å². The molecule has 0 spiro atoms. The Morgan fingerprint density at radius 3 is 2.19 bits per heavy atom. The average Bonchev–Trinajstić information content (AvgIpc) is 3.18. The van der Waals surface area contributed by atoms with Gasteiger partial charge in [-0.25, -0.2) is 0 Å². The molecule has 1 aromatic carbocycles. The number of carbonyl (C=O) groups is 3. The van der Waals surface area contributed by atoms with Crippen molar-refractivity contribution in [1.29, 1.82) is 0 Å². The third-order valence-electron chi connectivity index (χ3n) is 9.56. The number of amides is 3. The molecule has 3 amide bonds. The first-order valence-electron chi connectivity index (χ1n) is 14.2. The van der Waals surface area contributed by atoms with Gasteiger partial charge in [-0.05, 0) is 95.1 Å². The molecule has 0 aliphatic carbocycles. The minimum Gasteiger partial charge on any atom is -0.371 e. The van der Waals surface area contributed by atoms with Gasteiger partial charge in [-0.3, -0.25) is 24.6 Å². The van der Waals surface area contributed by atoms with Gasteiger partial charge in [-0.1, -0.05) is 6.07 Å². The minimum absolute atomic E-state index is 0.167. The second-order valence-electron chi connectivity index (χ2n) is 11.5. The Labute approximate surface area is 218 Å². The lowest BCUT2D eigenvalue weighted by Crippen LogP contribution is -2.53. The molecule has 9 heteroatoms. The van der Waals surface area contributed by atoms with Gasteiger partial charge in [0.15, 0.2) is 6.23 Å². The second kappa shape index (κ2) is 10.3. The summed E-state index contributed by atoms with van der Waals surface area (Å²) in [5.74, 6) is 0.402. The van der Waals surface area contributed by atoms with Crippen molar-refractivity contribution in [3.8, 4) is 0 Å². The van der Waals surface area contributed by atoms with Gasteiger partial charge in [0.25, 0.3) is 5.91 Å². The highest BCUT2D eigenvalue weighted by molar-refractivity contribution is 6.06. The molecule has 0 saturated carbocycles. The zero-order valence-electron chi connectivity index (χ0n) is 21.5. The van der Waals surface area contributed by atoms with Crippen molar-refractivity contribution in [1.82, 2.24) is 20.4 Å². The summed E-state index contributed by atoms with van der Waals surface area (Å²) in [6, 6.07) is 5.64. The Balaban J connectivity index is 1.05. The molecule has 5 heterocycles. The van der Waals surface area contributed by atoms with Gasteiger partial charge < -0.3 is 20.2 Å². The van der Waals surface area contributed by atoms with Gasteiger partial charge in [0.05, 0.1) is 0 Å². The smallest absolute Gasteiger partial charge is 0.257 e. The lowest BCUT2D eigenvalue weighted by Gasteiger charge is -2.43. The first kappa shape index (κ1) is 24.8. The number of piperidine rings is 4. The molecule has 1 aromatic rings. The molecule has 3 N–H and O–H groups in total. The number of fused-ring (bicyclic) bond motifs is 1. The zero-order chi connectivity index (χ0) is 25.5. The van der Waals surface area contributed by atoms with E-state index in [0.29, 0.717) is 11.1 Å². The third-order valence-corrected chi connectivity index (χ3v) is 9.56. The fourth-order valence-corrected chi connectivity index (χ4v) is 7.37. The van der Waals surface area contributed by atoms with Gasteiger partial charge in [-0.15, -0.1) is 0 Å². The van der Waals surface area contributed by atoms with E-state index < -0.39 is 18.2 Å². The lowest BCUT2D eigenvalue weighted by molar-refractivity contribution is -0.139. The van der Waals surface area contributed by atoms with E-state index in [1.54, 1.807) is 0 Å². The molecule has 0 aromatic heterocycles. The summed E-state index contributed by atoms with van der Waals surface area (Å²) < 4.78 is 0. The normalized spacial score (nSPS) is 29.1. The molecule has 2 unspecified atom stereocenters. The quantitative estimate of drug-likeness (QED) is 0.530. The lowest BCUT2D eigenvalue weighted by atomic mass is 9.78. The van der Waals surface area contributed by atoms with Gasteiger partial charge >= 0.3 is 0 Å². The number of aliphatic hydroxyl groups is 1. The van der Waals surface area contributed by atoms with Crippen LogP contribution in [0.4, 0.5) is 5.69 Å². The van der Waals surface area contributed by atoms with E-state index in [1.165, 1.54) is 56.5 Å². The largest absolute Gasteiger partial charge is 0.371 e. The molecule has 4 saturated heterocycles. The number of nitrogens with one attached hydrogen (secondary N) is 2. The number of hydrogen-bond donors (Lipinski definition) is 3. The highest BCUT2D eigenvalue weighted by Gasteiger charge is 2.44. The van der Waals surface area contributed by atoms with Crippen LogP contribution in [0.15, 0.2) is 18.2 Å². The topological polar surface area (TPSA) is 105 Å². The van der Waals surface area contributed by atoms with Crippen LogP contribution in [0, 0.1) is 11.8 Å². The Bertz CT molecular complexity index is 1040. The van der Waals surface area contributed by atoms with Crippen molar-refractivity contribution in [3.05, 3.63) is 29.3 Å². The van der Waals surface area contributed by atoms with Crippen LogP contribution in [0.1, 0.15) is 73.5 Å². The first-order valence-corrected chi connectivity index (χ1v) is 14.2. The fourth-order valence-electron chi connectivity index (χ4n) is 7.37. The molecule has 4 fully saturated rings. The summed E-state index contributed by atoms with van der Waals surface area (Å²) in [6.45, 7) is 6.76. The standard InChI is InChI=1S/C28H39N5O4/c34-25-4-3-24(26(35)30-25)33-27(36)22-2-1-21(17-23(22)28(33)37)32-15-9-19(10-16-32)18-7-13-31(14-8-18)20-5-11-29-12-6-20/h1-2,17-20,24,27,29,36H,3-16H2,(H,30,34,35). The predicted molar refractivity (Wildman–Crippen MR) is 139 cm³/mol. The molecule has 5 aliphatic rings. The van der Waals surface area contributed by atoms with E-state index in [-0.39, 0.29) is 24.7 Å². The Morgan fingerprint density at radius 1 is 0.838 bits per heavy atom. The van der Waals surface area contributed by atoms with Crippen LogP contribution in [-0.4, -0.2) is 84.0 Å². The van der Waals surface area contributed by atoms with E-state index in [9.17, 15) is 19.5 Å². The van der Waals surface area contributed by atoms with Crippen molar-refractivity contribution >= 4 is 23.4 Å². The molecule has 5 aliphatic heterocycles. The van der Waals surface area contributed by atoms with Crippen LogP contribution in [0.2, 0.25) is 0 Å². The summed E-state index contributed by atoms with van der Waals surface area (Å²) in [4.78, 5) is 43.5. The number of anilines is 1. The molecule has 0 radical (unpaired) electrons. The number of carbonyl (C=O) groups excluding carboxylic acids is 3. The number of imide groups is 1. The second-order valence-corrected chi connectivity index (χ2v) is 11.5. The van der Waals surface area contributed by atoms with Crippen LogP contribution in [0.25, 0.3) is 0 Å². The van der Waals surface area contributed by atoms with Crippen LogP contribution >= 0.6 is 0 Å². The highest BCUT2D eigenvalue weighted by Crippen LogP contribution is 2.39. The van der Waals surface area contributed by atoms with Crippen LogP contribution in [0.5, 0.6) is 0 Å². The maximum Gasteiger partial charge on any atom is 0.257 e. The summed E-state index contributed by atoms with van der Waals surface area (Å²) in [5.41, 5.74) is 2.00. The minimum atomic E-state index is -1.16. The third kappa shape index (κ3) is 4.77. The van der Waals surface area contributed by atoms with Crippen LogP contribution in [0.3, 0.4) is 0 Å². The molecular formula is C28H39N5O4. The van der Waals surface area contributed by atoms with Gasteiger partial charge in [0, 0.05) is 42.4 Å². The maximum absolute atomic E-state index is 13.2. The van der Waals surface area contributed by atoms with Crippen molar-refractivity contribution < 1.29 is 19.5 Å². The number of aliphatic hydroxyl groups excluding tert-OH is 1. The van der Waals surface area contributed by atoms with Crippen LogP contribution in [-0.2, 0) is 9.59 Å². The molecule has 9 nitrogen and oxygen atoms in total. The summed E-state index contributed by atoms with van der Waals surface area (Å²) in [7, 11) is 0. The molecule has 6 rings (SSSR count).